The van der Waals surface area contributed by atoms with E-state index < -0.39 is 0 Å². The molecular formula is C29H46Br2O. The zero-order chi connectivity index (χ0) is 22.8. The third kappa shape index (κ3) is 2.77. The Kier molecular flexibility index (Phi) is 5.28. The van der Waals surface area contributed by atoms with Crippen LogP contribution in [0.25, 0.3) is 0 Å². The molecule has 1 spiro atoms. The summed E-state index contributed by atoms with van der Waals surface area (Å²) in [6.07, 6.45) is 13.7. The lowest BCUT2D eigenvalue weighted by molar-refractivity contribution is -0.161. The fraction of sp³-hybridized carbons (Fsp3) is 1.00. The normalized spacial score (nSPS) is 58.0. The van der Waals surface area contributed by atoms with E-state index in [0.717, 1.165) is 53.3 Å². The molecule has 0 bridgehead atoms. The van der Waals surface area contributed by atoms with Crippen LogP contribution in [0.3, 0.4) is 0 Å². The number of alkyl halides is 2. The predicted molar refractivity (Wildman–Crippen MR) is 140 cm³/mol. The van der Waals surface area contributed by atoms with Gasteiger partial charge in [-0.3, -0.25) is 0 Å². The lowest BCUT2D eigenvalue weighted by Crippen LogP contribution is -2.57. The molecule has 0 radical (unpaired) electrons. The van der Waals surface area contributed by atoms with Gasteiger partial charge in [-0.1, -0.05) is 66.5 Å². The van der Waals surface area contributed by atoms with Gasteiger partial charge in [-0.15, -0.1) is 0 Å². The highest BCUT2D eigenvalue weighted by atomic mass is 79.9. The van der Waals surface area contributed by atoms with Gasteiger partial charge in [-0.2, -0.15) is 0 Å². The van der Waals surface area contributed by atoms with Crippen molar-refractivity contribution in [2.45, 2.75) is 102 Å². The van der Waals surface area contributed by atoms with Crippen molar-refractivity contribution in [1.82, 2.24) is 0 Å². The van der Waals surface area contributed by atoms with Crippen LogP contribution in [-0.2, 0) is 4.74 Å². The van der Waals surface area contributed by atoms with E-state index in [1.165, 1.54) is 57.8 Å². The van der Waals surface area contributed by atoms with Crippen LogP contribution in [0.4, 0.5) is 0 Å². The summed E-state index contributed by atoms with van der Waals surface area (Å²) in [5, 5.41) is 0. The van der Waals surface area contributed by atoms with E-state index in [4.69, 9.17) is 4.74 Å². The number of ether oxygens (including phenoxy) is 1. The maximum atomic E-state index is 6.33. The second-order valence-corrected chi connectivity index (χ2v) is 17.9. The minimum absolute atomic E-state index is 0.209. The van der Waals surface area contributed by atoms with Gasteiger partial charge in [0, 0.05) is 12.5 Å². The van der Waals surface area contributed by atoms with Gasteiger partial charge in [0.15, 0.2) is 0 Å². The second-order valence-electron chi connectivity index (χ2n) is 14.2. The van der Waals surface area contributed by atoms with Crippen molar-refractivity contribution < 1.29 is 4.74 Å². The maximum Gasteiger partial charge on any atom is 0.0871 e. The number of rotatable bonds is 5. The van der Waals surface area contributed by atoms with Gasteiger partial charge in [0.1, 0.15) is 0 Å². The van der Waals surface area contributed by atoms with Crippen molar-refractivity contribution in [2.24, 2.45) is 69.5 Å². The van der Waals surface area contributed by atoms with Gasteiger partial charge < -0.3 is 4.74 Å². The largest absolute Gasteiger partial charge is 0.381 e. The third-order valence-electron chi connectivity index (χ3n) is 13.2. The molecule has 0 aromatic carbocycles. The molecule has 0 unspecified atom stereocenters. The summed E-state index contributed by atoms with van der Waals surface area (Å²) < 4.78 is 6.54. The van der Waals surface area contributed by atoms with E-state index in [0.29, 0.717) is 22.3 Å². The van der Waals surface area contributed by atoms with E-state index >= 15 is 0 Å². The van der Waals surface area contributed by atoms with Gasteiger partial charge in [0.25, 0.3) is 0 Å². The van der Waals surface area contributed by atoms with Crippen molar-refractivity contribution >= 4 is 31.9 Å². The molecule has 12 atom stereocenters. The van der Waals surface area contributed by atoms with Crippen LogP contribution >= 0.6 is 31.9 Å². The number of fused-ring (bicyclic) bond motifs is 4. The molecule has 32 heavy (non-hydrogen) atoms. The standard InChI is InChI=1S/C29H46Br2O/c1-16(2)25-23(29(25,30)31)13-17(3)20-7-8-21-19-14-24(32-6)28-15-18(28)9-12-27(28,5)22(19)10-11-26(20,21)4/h16-25H,7-15H2,1-6H3/t17-,18-,19+,20-,21+,22+,23-,24-,25-,26-,27-,28+/m1/s1. The van der Waals surface area contributed by atoms with Crippen molar-refractivity contribution in [2.75, 3.05) is 7.11 Å². The van der Waals surface area contributed by atoms with Crippen LogP contribution in [0.2, 0.25) is 0 Å². The average molecular weight is 570 g/mol. The first-order valence-electron chi connectivity index (χ1n) is 13.9. The number of halogens is 2. The van der Waals surface area contributed by atoms with Gasteiger partial charge in [-0.25, -0.2) is 0 Å². The highest BCUT2D eigenvalue weighted by molar-refractivity contribution is 9.25. The fourth-order valence-electron chi connectivity index (χ4n) is 11.7. The molecule has 0 aromatic rings. The molecule has 0 N–H and O–H groups in total. The van der Waals surface area contributed by atoms with Gasteiger partial charge in [0.2, 0.25) is 0 Å². The Bertz CT molecular complexity index is 779. The van der Waals surface area contributed by atoms with Crippen LogP contribution in [0.5, 0.6) is 0 Å². The van der Waals surface area contributed by atoms with Crippen molar-refractivity contribution in [3.8, 4) is 0 Å². The highest BCUT2D eigenvalue weighted by Gasteiger charge is 2.77. The highest BCUT2D eigenvalue weighted by Crippen LogP contribution is 2.82. The van der Waals surface area contributed by atoms with Crippen LogP contribution in [0.15, 0.2) is 0 Å². The van der Waals surface area contributed by atoms with Crippen molar-refractivity contribution in [3.63, 3.8) is 0 Å². The summed E-state index contributed by atoms with van der Waals surface area (Å²) in [6, 6.07) is 0. The summed E-state index contributed by atoms with van der Waals surface area (Å²) in [5.41, 5.74) is 1.69. The first kappa shape index (κ1) is 23.3. The minimum atomic E-state index is 0.209. The van der Waals surface area contributed by atoms with Crippen molar-refractivity contribution in [3.05, 3.63) is 0 Å². The minimum Gasteiger partial charge on any atom is -0.381 e. The lowest BCUT2D eigenvalue weighted by Gasteiger charge is -2.61. The van der Waals surface area contributed by atoms with E-state index in [-0.39, 0.29) is 3.23 Å². The predicted octanol–water partition coefficient (Wildman–Crippen LogP) is 8.68. The molecule has 1 nitrogen and oxygen atoms in total. The SMILES string of the molecule is CO[C@@H]1C[C@H]2[C@@H]3CC[C@H]([C@H](C)C[C@@H]4[C@@H](C(C)C)C4(Br)Br)[C@@]3(C)CC[C@@H]2[C@@]2(C)CC[C@@H]3C[C@]312. The summed E-state index contributed by atoms with van der Waals surface area (Å²) in [6.45, 7) is 12.9. The Morgan fingerprint density at radius 2 is 1.72 bits per heavy atom. The van der Waals surface area contributed by atoms with Crippen molar-refractivity contribution in [1.29, 1.82) is 0 Å². The fourth-order valence-corrected chi connectivity index (χ4v) is 14.1. The molecule has 3 heteroatoms. The molecule has 6 aliphatic carbocycles. The van der Waals surface area contributed by atoms with Gasteiger partial charge >= 0.3 is 0 Å². The molecule has 0 saturated heterocycles. The van der Waals surface area contributed by atoms with Crippen LogP contribution < -0.4 is 0 Å². The first-order chi connectivity index (χ1) is 15.0. The Morgan fingerprint density at radius 1 is 0.969 bits per heavy atom. The topological polar surface area (TPSA) is 9.23 Å². The first-order valence-corrected chi connectivity index (χ1v) is 15.5. The van der Waals surface area contributed by atoms with Gasteiger partial charge in [-0.05, 0) is 122 Å². The smallest absolute Gasteiger partial charge is 0.0871 e. The number of hydrogen-bond acceptors (Lipinski definition) is 1. The molecule has 0 heterocycles. The van der Waals surface area contributed by atoms with E-state index in [1.807, 2.05) is 7.11 Å². The zero-order valence-electron chi connectivity index (χ0n) is 21.3. The summed E-state index contributed by atoms with van der Waals surface area (Å²) in [5.74, 6) is 7.92. The third-order valence-corrected chi connectivity index (χ3v) is 15.4. The van der Waals surface area contributed by atoms with Gasteiger partial charge in [0.05, 0.1) is 9.34 Å². The van der Waals surface area contributed by atoms with Crippen LogP contribution in [0.1, 0.15) is 92.4 Å². The molecule has 6 fully saturated rings. The van der Waals surface area contributed by atoms with E-state index in [1.54, 1.807) is 0 Å². The molecule has 0 aliphatic heterocycles. The monoisotopic (exact) mass is 568 g/mol. The Morgan fingerprint density at radius 3 is 2.34 bits per heavy atom. The number of methoxy groups -OCH3 is 1. The molecule has 6 rings (SSSR count). The van der Waals surface area contributed by atoms with E-state index in [2.05, 4.69) is 66.5 Å². The summed E-state index contributed by atoms with van der Waals surface area (Å²) >= 11 is 8.09. The van der Waals surface area contributed by atoms with Crippen LogP contribution in [0, 0.1) is 69.5 Å². The van der Waals surface area contributed by atoms with E-state index in [9.17, 15) is 0 Å². The molecule has 6 aliphatic rings. The molecule has 0 aromatic heterocycles. The zero-order valence-corrected chi connectivity index (χ0v) is 24.5. The Labute approximate surface area is 214 Å². The molecule has 182 valence electrons. The molecule has 0 amide bonds. The Balaban J connectivity index is 1.22. The Hall–Kier alpha value is 0.920. The summed E-state index contributed by atoms with van der Waals surface area (Å²) in [4.78, 5) is 0. The molecule has 6 saturated carbocycles. The molecular weight excluding hydrogens is 524 g/mol. The average Bonchev–Trinajstić information content (AvgIpc) is 3.47. The lowest BCUT2D eigenvalue weighted by atomic mass is 9.45. The maximum absolute atomic E-state index is 6.33. The van der Waals surface area contributed by atoms with Crippen LogP contribution in [-0.4, -0.2) is 16.4 Å². The quantitative estimate of drug-likeness (QED) is 0.301. The number of hydrogen-bond donors (Lipinski definition) is 0. The second kappa shape index (κ2) is 7.24. The summed E-state index contributed by atoms with van der Waals surface area (Å²) in [7, 11) is 2.03.